The van der Waals surface area contributed by atoms with Crippen LogP contribution >= 0.6 is 0 Å². The van der Waals surface area contributed by atoms with Crippen molar-refractivity contribution in [3.8, 4) is 28.6 Å². The lowest BCUT2D eigenvalue weighted by atomic mass is 10.0. The molecule has 6 nitrogen and oxygen atoms in total. The number of rotatable bonds is 5. The molecular formula is C23H23N5O. The van der Waals surface area contributed by atoms with E-state index in [2.05, 4.69) is 50.4 Å². The second-order valence-corrected chi connectivity index (χ2v) is 7.41. The number of aromatic nitrogens is 3. The Balaban J connectivity index is 1.51. The van der Waals surface area contributed by atoms with Gasteiger partial charge in [0.05, 0.1) is 11.6 Å². The molecule has 0 spiro atoms. The van der Waals surface area contributed by atoms with Crippen molar-refractivity contribution in [3.05, 3.63) is 60.4 Å². The van der Waals surface area contributed by atoms with E-state index >= 15 is 0 Å². The second kappa shape index (κ2) is 8.27. The SMILES string of the molecule is CCC(=O)NC1CC[C@@H](n2cnnc2-c2ccc(-c3ccc(C#N)cc3)cc2)C1. The van der Waals surface area contributed by atoms with Gasteiger partial charge in [0.2, 0.25) is 5.91 Å². The van der Waals surface area contributed by atoms with Gasteiger partial charge in [-0.25, -0.2) is 0 Å². The van der Waals surface area contributed by atoms with Gasteiger partial charge in [-0.1, -0.05) is 43.3 Å². The zero-order valence-electron chi connectivity index (χ0n) is 16.4. The Kier molecular flexibility index (Phi) is 5.39. The van der Waals surface area contributed by atoms with E-state index in [1.807, 2.05) is 31.2 Å². The maximum absolute atomic E-state index is 11.7. The van der Waals surface area contributed by atoms with E-state index in [1.54, 1.807) is 6.33 Å². The monoisotopic (exact) mass is 385 g/mol. The van der Waals surface area contributed by atoms with Crippen molar-refractivity contribution in [1.82, 2.24) is 20.1 Å². The molecule has 1 saturated carbocycles. The zero-order chi connectivity index (χ0) is 20.2. The van der Waals surface area contributed by atoms with Crippen molar-refractivity contribution in [2.45, 2.75) is 44.7 Å². The minimum absolute atomic E-state index is 0.109. The number of hydrogen-bond acceptors (Lipinski definition) is 4. The Labute approximate surface area is 170 Å². The molecule has 0 saturated heterocycles. The summed E-state index contributed by atoms with van der Waals surface area (Å²) >= 11 is 0. The second-order valence-electron chi connectivity index (χ2n) is 7.41. The summed E-state index contributed by atoms with van der Waals surface area (Å²) in [6.45, 7) is 1.88. The van der Waals surface area contributed by atoms with Crippen molar-refractivity contribution >= 4 is 5.91 Å². The van der Waals surface area contributed by atoms with Crippen LogP contribution in [-0.2, 0) is 4.79 Å². The minimum atomic E-state index is 0.109. The van der Waals surface area contributed by atoms with E-state index in [0.29, 0.717) is 18.0 Å². The zero-order valence-corrected chi connectivity index (χ0v) is 16.4. The number of carbonyl (C=O) groups excluding carboxylic acids is 1. The summed E-state index contributed by atoms with van der Waals surface area (Å²) in [7, 11) is 0. The molecule has 1 aliphatic rings. The third-order valence-corrected chi connectivity index (χ3v) is 5.55. The number of nitrogens with one attached hydrogen (secondary N) is 1. The number of amides is 1. The van der Waals surface area contributed by atoms with Crippen molar-refractivity contribution in [2.75, 3.05) is 0 Å². The summed E-state index contributed by atoms with van der Waals surface area (Å²) in [5.41, 5.74) is 3.83. The van der Waals surface area contributed by atoms with Crippen molar-refractivity contribution in [2.24, 2.45) is 0 Å². The summed E-state index contributed by atoms with van der Waals surface area (Å²) in [6.07, 6.45) is 5.19. The molecule has 1 heterocycles. The third-order valence-electron chi connectivity index (χ3n) is 5.55. The highest BCUT2D eigenvalue weighted by molar-refractivity contribution is 5.75. The smallest absolute Gasteiger partial charge is 0.219 e. The lowest BCUT2D eigenvalue weighted by molar-refractivity contribution is -0.121. The summed E-state index contributed by atoms with van der Waals surface area (Å²) in [6, 6.07) is 18.5. The van der Waals surface area contributed by atoms with Gasteiger partial charge in [0.1, 0.15) is 6.33 Å². The first-order valence-electron chi connectivity index (χ1n) is 9.97. The molecule has 146 valence electrons. The fourth-order valence-corrected chi connectivity index (χ4v) is 3.94. The Bertz CT molecular complexity index is 1030. The maximum Gasteiger partial charge on any atom is 0.219 e. The molecule has 1 amide bonds. The average Bonchev–Trinajstić information content (AvgIpc) is 3.43. The Morgan fingerprint density at radius 3 is 2.41 bits per heavy atom. The molecular weight excluding hydrogens is 362 g/mol. The van der Waals surface area contributed by atoms with Crippen LogP contribution in [0.1, 0.15) is 44.2 Å². The molecule has 1 fully saturated rings. The summed E-state index contributed by atoms with van der Waals surface area (Å²) in [5, 5.41) is 20.5. The summed E-state index contributed by atoms with van der Waals surface area (Å²) < 4.78 is 2.13. The van der Waals surface area contributed by atoms with Gasteiger partial charge in [0, 0.05) is 24.1 Å². The molecule has 0 radical (unpaired) electrons. The fraction of sp³-hybridized carbons (Fsp3) is 0.304. The van der Waals surface area contributed by atoms with E-state index in [0.717, 1.165) is 41.8 Å². The normalized spacial score (nSPS) is 18.3. The molecule has 6 heteroatoms. The van der Waals surface area contributed by atoms with Crippen LogP contribution in [0.5, 0.6) is 0 Å². The van der Waals surface area contributed by atoms with Gasteiger partial charge in [-0.3, -0.25) is 4.79 Å². The largest absolute Gasteiger partial charge is 0.353 e. The molecule has 2 aromatic carbocycles. The molecule has 1 N–H and O–H groups in total. The van der Waals surface area contributed by atoms with E-state index < -0.39 is 0 Å². The van der Waals surface area contributed by atoms with Gasteiger partial charge in [-0.05, 0) is 42.5 Å². The predicted octanol–water partition coefficient (Wildman–Crippen LogP) is 4.10. The molecule has 2 atom stereocenters. The predicted molar refractivity (Wildman–Crippen MR) is 111 cm³/mol. The first kappa shape index (κ1) is 18.9. The van der Waals surface area contributed by atoms with E-state index in [1.165, 1.54) is 0 Å². The van der Waals surface area contributed by atoms with Crippen LogP contribution < -0.4 is 5.32 Å². The van der Waals surface area contributed by atoms with Crippen LogP contribution in [0.25, 0.3) is 22.5 Å². The van der Waals surface area contributed by atoms with E-state index in [9.17, 15) is 4.79 Å². The van der Waals surface area contributed by atoms with Crippen molar-refractivity contribution < 1.29 is 4.79 Å². The molecule has 1 aromatic heterocycles. The number of carbonyl (C=O) groups is 1. The van der Waals surface area contributed by atoms with Crippen LogP contribution in [0.15, 0.2) is 54.9 Å². The third kappa shape index (κ3) is 4.04. The van der Waals surface area contributed by atoms with Crippen LogP contribution in [0, 0.1) is 11.3 Å². The van der Waals surface area contributed by atoms with Gasteiger partial charge in [-0.2, -0.15) is 5.26 Å². The number of nitrogens with zero attached hydrogens (tertiary/aromatic N) is 4. The van der Waals surface area contributed by atoms with E-state index in [4.69, 9.17) is 5.26 Å². The van der Waals surface area contributed by atoms with Gasteiger partial charge in [0.25, 0.3) is 0 Å². The quantitative estimate of drug-likeness (QED) is 0.716. The first-order valence-corrected chi connectivity index (χ1v) is 9.97. The number of nitriles is 1. The Hall–Kier alpha value is -3.46. The van der Waals surface area contributed by atoms with Crippen LogP contribution in [0.2, 0.25) is 0 Å². The fourth-order valence-electron chi connectivity index (χ4n) is 3.94. The standard InChI is InChI=1S/C23H23N5O/c1-2-22(29)26-20-11-12-21(13-20)28-15-25-27-23(28)19-9-7-18(8-10-19)17-5-3-16(14-24)4-6-17/h3-10,15,20-21H,2,11-13H2,1H3,(H,26,29)/t20?,21-/m1/s1. The topological polar surface area (TPSA) is 83.6 Å². The van der Waals surface area contributed by atoms with Crippen molar-refractivity contribution in [1.29, 1.82) is 5.26 Å². The molecule has 0 aliphatic heterocycles. The van der Waals surface area contributed by atoms with Gasteiger partial charge in [-0.15, -0.1) is 10.2 Å². The number of hydrogen-bond donors (Lipinski definition) is 1. The van der Waals surface area contributed by atoms with Crippen LogP contribution in [0.4, 0.5) is 0 Å². The van der Waals surface area contributed by atoms with E-state index in [-0.39, 0.29) is 11.9 Å². The lowest BCUT2D eigenvalue weighted by Gasteiger charge is -2.16. The lowest BCUT2D eigenvalue weighted by Crippen LogP contribution is -2.32. The first-order chi connectivity index (χ1) is 14.2. The maximum atomic E-state index is 11.7. The molecule has 0 bridgehead atoms. The highest BCUT2D eigenvalue weighted by Crippen LogP contribution is 2.33. The molecule has 29 heavy (non-hydrogen) atoms. The summed E-state index contributed by atoms with van der Waals surface area (Å²) in [5.74, 6) is 0.960. The molecule has 1 unspecified atom stereocenters. The highest BCUT2D eigenvalue weighted by Gasteiger charge is 2.28. The minimum Gasteiger partial charge on any atom is -0.353 e. The summed E-state index contributed by atoms with van der Waals surface area (Å²) in [4.78, 5) is 11.7. The highest BCUT2D eigenvalue weighted by atomic mass is 16.1. The van der Waals surface area contributed by atoms with Gasteiger partial charge in [0.15, 0.2) is 5.82 Å². The molecule has 3 aromatic rings. The average molecular weight is 385 g/mol. The Morgan fingerprint density at radius 2 is 1.76 bits per heavy atom. The number of benzene rings is 2. The Morgan fingerprint density at radius 1 is 1.10 bits per heavy atom. The van der Waals surface area contributed by atoms with Crippen LogP contribution in [-0.4, -0.2) is 26.7 Å². The molecule has 1 aliphatic carbocycles. The van der Waals surface area contributed by atoms with Gasteiger partial charge >= 0.3 is 0 Å². The van der Waals surface area contributed by atoms with Gasteiger partial charge < -0.3 is 9.88 Å². The van der Waals surface area contributed by atoms with Crippen molar-refractivity contribution in [3.63, 3.8) is 0 Å². The molecule has 4 rings (SSSR count). The van der Waals surface area contributed by atoms with Crippen LogP contribution in [0.3, 0.4) is 0 Å².